The van der Waals surface area contributed by atoms with Crippen molar-refractivity contribution in [1.29, 1.82) is 0 Å². The Labute approximate surface area is 259 Å². The Balaban J connectivity index is 1.25. The maximum Gasteiger partial charge on any atom is 0.181 e. The summed E-state index contributed by atoms with van der Waals surface area (Å²) >= 11 is 0. The molecule has 5 heteroatoms. The highest BCUT2D eigenvalue weighted by Gasteiger charge is 2.54. The SMILES string of the molecule is CC[C@]1(O)CC[C@@]2(C)C(=CC[C@H]3[C@@H]4CC[C@H]([C@H](C)C(C[C@@H](O)c5ccccc5)S(=O)(=O)c5ccccc5)[C@H](CC[C@@H]32)C4)C1. The minimum Gasteiger partial charge on any atom is -0.390 e. The molecule has 4 aliphatic carbocycles. The molecule has 0 saturated heterocycles. The molecule has 10 atom stereocenters. The third kappa shape index (κ3) is 5.79. The van der Waals surface area contributed by atoms with Crippen molar-refractivity contribution in [3.05, 3.63) is 77.9 Å². The van der Waals surface area contributed by atoms with Gasteiger partial charge < -0.3 is 10.2 Å². The third-order valence-electron chi connectivity index (χ3n) is 12.9. The Kier molecular flexibility index (Phi) is 8.74. The topological polar surface area (TPSA) is 74.6 Å². The molecule has 2 bridgehead atoms. The van der Waals surface area contributed by atoms with Gasteiger partial charge in [-0.1, -0.05) is 81.0 Å². The van der Waals surface area contributed by atoms with Crippen molar-refractivity contribution in [1.82, 2.24) is 0 Å². The van der Waals surface area contributed by atoms with E-state index in [1.54, 1.807) is 24.3 Å². The fourth-order valence-corrected chi connectivity index (χ4v) is 12.2. The predicted octanol–water partition coefficient (Wildman–Crippen LogP) is 8.31. The van der Waals surface area contributed by atoms with Gasteiger partial charge in [0.15, 0.2) is 9.84 Å². The molecule has 2 aromatic rings. The predicted molar refractivity (Wildman–Crippen MR) is 173 cm³/mol. The van der Waals surface area contributed by atoms with Crippen LogP contribution in [0.1, 0.15) is 103 Å². The van der Waals surface area contributed by atoms with Crippen molar-refractivity contribution in [2.24, 2.45) is 40.9 Å². The zero-order valence-electron chi connectivity index (χ0n) is 26.4. The van der Waals surface area contributed by atoms with Crippen LogP contribution in [0, 0.1) is 40.9 Å². The lowest BCUT2D eigenvalue weighted by Crippen LogP contribution is -2.47. The van der Waals surface area contributed by atoms with Crippen LogP contribution >= 0.6 is 0 Å². The van der Waals surface area contributed by atoms with Crippen molar-refractivity contribution in [2.75, 3.05) is 0 Å². The number of allylic oxidation sites excluding steroid dienone is 1. The van der Waals surface area contributed by atoms with Crippen molar-refractivity contribution in [2.45, 2.75) is 113 Å². The molecule has 1 unspecified atom stereocenters. The standard InChI is InChI=1S/C38H52O4S/c1-4-38(40)22-21-37(3)30(25-38)17-19-33-29-15-18-32(28(23-29)16-20-34(33)37)26(2)36(24-35(39)27-11-7-5-8-12-27)43(41,42)31-13-9-6-10-14-31/h5-14,17,26,28-29,32-36,39-40H,4,15-16,18-25H2,1-3H3/t26-,28+,29+,32+,33-,34-,35+,36?,37-,38-/m0/s1. The van der Waals surface area contributed by atoms with Crippen molar-refractivity contribution < 1.29 is 18.6 Å². The average molecular weight is 605 g/mol. The van der Waals surface area contributed by atoms with Crippen molar-refractivity contribution in [3.63, 3.8) is 0 Å². The fraction of sp³-hybridized carbons (Fsp3) is 0.632. The fourth-order valence-electron chi connectivity index (χ4n) is 10.1. The number of aliphatic hydroxyl groups excluding tert-OH is 1. The Morgan fingerprint density at radius 1 is 0.930 bits per heavy atom. The summed E-state index contributed by atoms with van der Waals surface area (Å²) in [4.78, 5) is 0.364. The van der Waals surface area contributed by atoms with Crippen LogP contribution in [0.3, 0.4) is 0 Å². The highest BCUT2D eigenvalue weighted by Crippen LogP contribution is 2.62. The second-order valence-corrected chi connectivity index (χ2v) is 17.1. The first-order valence-corrected chi connectivity index (χ1v) is 18.5. The first kappa shape index (κ1) is 31.0. The van der Waals surface area contributed by atoms with Gasteiger partial charge >= 0.3 is 0 Å². The molecule has 0 amide bonds. The van der Waals surface area contributed by atoms with Gasteiger partial charge in [-0.25, -0.2) is 8.42 Å². The van der Waals surface area contributed by atoms with Gasteiger partial charge in [-0.2, -0.15) is 0 Å². The third-order valence-corrected chi connectivity index (χ3v) is 15.2. The van der Waals surface area contributed by atoms with Gasteiger partial charge in [0.2, 0.25) is 0 Å². The second kappa shape index (κ2) is 12.1. The van der Waals surface area contributed by atoms with Gasteiger partial charge in [0.05, 0.1) is 21.9 Å². The van der Waals surface area contributed by atoms with Crippen LogP contribution < -0.4 is 0 Å². The van der Waals surface area contributed by atoms with Crippen LogP contribution in [0.5, 0.6) is 0 Å². The maximum absolute atomic E-state index is 14.3. The molecule has 3 saturated carbocycles. The summed E-state index contributed by atoms with van der Waals surface area (Å²) in [7, 11) is -3.64. The Hall–Kier alpha value is -1.95. The van der Waals surface area contributed by atoms with Crippen LogP contribution in [-0.4, -0.2) is 29.5 Å². The van der Waals surface area contributed by atoms with E-state index < -0.39 is 26.8 Å². The molecule has 0 radical (unpaired) electrons. The van der Waals surface area contributed by atoms with Crippen LogP contribution in [0.4, 0.5) is 0 Å². The Morgan fingerprint density at radius 2 is 1.60 bits per heavy atom. The number of hydrogen-bond donors (Lipinski definition) is 2. The number of fused-ring (bicyclic) bond motifs is 6. The zero-order chi connectivity index (χ0) is 30.4. The van der Waals surface area contributed by atoms with Crippen molar-refractivity contribution >= 4 is 9.84 Å². The quantitative estimate of drug-likeness (QED) is 0.297. The summed E-state index contributed by atoms with van der Waals surface area (Å²) in [5.74, 6) is 2.85. The highest BCUT2D eigenvalue weighted by molar-refractivity contribution is 7.92. The van der Waals surface area contributed by atoms with Crippen LogP contribution in [0.15, 0.2) is 77.2 Å². The largest absolute Gasteiger partial charge is 0.390 e. The zero-order valence-corrected chi connectivity index (χ0v) is 27.2. The number of rotatable bonds is 8. The van der Waals surface area contributed by atoms with E-state index in [4.69, 9.17) is 0 Å². The van der Waals surface area contributed by atoms with E-state index in [9.17, 15) is 18.6 Å². The Morgan fingerprint density at radius 3 is 2.30 bits per heavy atom. The van der Waals surface area contributed by atoms with E-state index in [0.29, 0.717) is 34.5 Å². The lowest BCUT2D eigenvalue weighted by atomic mass is 9.52. The average Bonchev–Trinajstić information content (AvgIpc) is 3.17. The lowest BCUT2D eigenvalue weighted by molar-refractivity contribution is -0.0348. The minimum absolute atomic E-state index is 0.0480. The summed E-state index contributed by atoms with van der Waals surface area (Å²) < 4.78 is 28.5. The van der Waals surface area contributed by atoms with Crippen LogP contribution in [-0.2, 0) is 9.84 Å². The summed E-state index contributed by atoms with van der Waals surface area (Å²) in [6.07, 6.45) is 12.5. The van der Waals surface area contributed by atoms with Crippen LogP contribution in [0.2, 0.25) is 0 Å². The molecule has 0 spiro atoms. The molecular formula is C38H52O4S. The molecule has 234 valence electrons. The van der Waals surface area contributed by atoms with Gasteiger partial charge in [0.25, 0.3) is 0 Å². The molecule has 4 aliphatic rings. The molecule has 2 aromatic carbocycles. The summed E-state index contributed by atoms with van der Waals surface area (Å²) in [6.45, 7) is 6.78. The number of aliphatic hydroxyl groups is 2. The molecule has 3 fully saturated rings. The lowest BCUT2D eigenvalue weighted by Gasteiger charge is -2.54. The minimum atomic E-state index is -3.64. The number of benzene rings is 2. The Bertz CT molecular complexity index is 1390. The number of hydrogen-bond acceptors (Lipinski definition) is 4. The normalized spacial score (nSPS) is 36.3. The maximum atomic E-state index is 14.3. The number of sulfone groups is 1. The van der Waals surface area contributed by atoms with E-state index in [-0.39, 0.29) is 17.8 Å². The molecule has 4 nitrogen and oxygen atoms in total. The molecule has 0 aliphatic heterocycles. The van der Waals surface area contributed by atoms with E-state index in [0.717, 1.165) is 50.5 Å². The smallest absolute Gasteiger partial charge is 0.181 e. The van der Waals surface area contributed by atoms with Gasteiger partial charge in [0, 0.05) is 0 Å². The van der Waals surface area contributed by atoms with E-state index in [1.165, 1.54) is 24.8 Å². The summed E-state index contributed by atoms with van der Waals surface area (Å²) in [5.41, 5.74) is 1.93. The van der Waals surface area contributed by atoms with E-state index in [2.05, 4.69) is 26.8 Å². The summed E-state index contributed by atoms with van der Waals surface area (Å²) in [6, 6.07) is 18.4. The highest BCUT2D eigenvalue weighted by atomic mass is 32.2. The van der Waals surface area contributed by atoms with Crippen molar-refractivity contribution in [3.8, 4) is 0 Å². The van der Waals surface area contributed by atoms with Gasteiger partial charge in [0.1, 0.15) is 0 Å². The molecular weight excluding hydrogens is 552 g/mol. The van der Waals surface area contributed by atoms with E-state index >= 15 is 0 Å². The van der Waals surface area contributed by atoms with Gasteiger partial charge in [-0.3, -0.25) is 0 Å². The van der Waals surface area contributed by atoms with E-state index in [1.807, 2.05) is 36.4 Å². The monoisotopic (exact) mass is 604 g/mol. The molecule has 43 heavy (non-hydrogen) atoms. The van der Waals surface area contributed by atoms with Crippen LogP contribution in [0.25, 0.3) is 0 Å². The first-order chi connectivity index (χ1) is 20.6. The molecule has 0 aromatic heterocycles. The second-order valence-electron chi connectivity index (χ2n) is 14.9. The summed E-state index contributed by atoms with van der Waals surface area (Å²) in [5, 5.41) is 21.8. The first-order valence-electron chi connectivity index (χ1n) is 17.0. The molecule has 0 heterocycles. The van der Waals surface area contributed by atoms with Gasteiger partial charge in [-0.15, -0.1) is 0 Å². The molecule has 2 N–H and O–H groups in total. The van der Waals surface area contributed by atoms with Gasteiger partial charge in [-0.05, 0) is 129 Å². The molecule has 6 rings (SSSR count).